The first-order valence-corrected chi connectivity index (χ1v) is 12.8. The van der Waals surface area contributed by atoms with E-state index in [-0.39, 0.29) is 40.9 Å². The number of aliphatic hydroxyl groups is 4. The van der Waals surface area contributed by atoms with Crippen LogP contribution >= 0.6 is 0 Å². The van der Waals surface area contributed by atoms with Gasteiger partial charge in [0, 0.05) is 5.41 Å². The van der Waals surface area contributed by atoms with Gasteiger partial charge < -0.3 is 30.8 Å². The summed E-state index contributed by atoms with van der Waals surface area (Å²) >= 11 is 0. The fourth-order valence-corrected chi connectivity index (χ4v) is 8.70. The minimum Gasteiger partial charge on any atom is -0.480 e. The molecule has 4 aliphatic carbocycles. The molecule has 0 bridgehead atoms. The number of aliphatic carboxylic acids is 1. The quantitative estimate of drug-likeness (QED) is 0.326. The van der Waals surface area contributed by atoms with E-state index in [9.17, 15) is 30.0 Å². The number of nitrogens with one attached hydrogen (secondary N) is 1. The number of carboxylic acid groups (broad SMARTS) is 1. The Morgan fingerprint density at radius 1 is 1.00 bits per heavy atom. The van der Waals surface area contributed by atoms with E-state index in [0.29, 0.717) is 19.3 Å². The van der Waals surface area contributed by atoms with Crippen LogP contribution in [-0.4, -0.2) is 68.4 Å². The fourth-order valence-electron chi connectivity index (χ4n) is 8.70. The van der Waals surface area contributed by atoms with Crippen molar-refractivity contribution >= 4 is 11.9 Å². The van der Waals surface area contributed by atoms with Crippen molar-refractivity contribution in [1.29, 1.82) is 0 Å². The number of amides is 1. The van der Waals surface area contributed by atoms with Gasteiger partial charge in [0.1, 0.15) is 6.54 Å². The van der Waals surface area contributed by atoms with Gasteiger partial charge in [0.2, 0.25) is 5.91 Å². The Hall–Kier alpha value is -1.48. The molecular weight excluding hydrogens is 438 g/mol. The maximum Gasteiger partial charge on any atom is 0.322 e. The van der Waals surface area contributed by atoms with Gasteiger partial charge in [-0.3, -0.25) is 9.59 Å². The molecule has 12 atom stereocenters. The highest BCUT2D eigenvalue weighted by atomic mass is 16.4. The molecule has 0 saturated heterocycles. The van der Waals surface area contributed by atoms with Gasteiger partial charge >= 0.3 is 5.97 Å². The van der Waals surface area contributed by atoms with Gasteiger partial charge in [-0.05, 0) is 85.5 Å². The average Bonchev–Trinajstić information content (AvgIpc) is 3.14. The predicted molar refractivity (Wildman–Crippen MR) is 124 cm³/mol. The van der Waals surface area contributed by atoms with E-state index in [1.165, 1.54) is 6.08 Å². The minimum absolute atomic E-state index is 0.0180. The van der Waals surface area contributed by atoms with Crippen LogP contribution in [0.15, 0.2) is 12.2 Å². The summed E-state index contributed by atoms with van der Waals surface area (Å²) in [6, 6.07) is 0. The Bertz CT molecular complexity index is 832. The zero-order valence-corrected chi connectivity index (χ0v) is 20.4. The molecule has 0 aromatic rings. The van der Waals surface area contributed by atoms with E-state index >= 15 is 0 Å². The first kappa shape index (κ1) is 25.6. The van der Waals surface area contributed by atoms with Crippen molar-refractivity contribution in [2.45, 2.75) is 83.7 Å². The van der Waals surface area contributed by atoms with Gasteiger partial charge in [0.15, 0.2) is 0 Å². The summed E-state index contributed by atoms with van der Waals surface area (Å²) in [7, 11) is 0. The van der Waals surface area contributed by atoms with Crippen LogP contribution in [0.2, 0.25) is 0 Å². The SMILES string of the molecule is C[C@H](/C=C/C(=O)NCC(=O)O)[C@H]1CC[C@H]2[C@@H]3[C@H](O)[C@H](O)[C@@H]4C[C@H](O)CC[C@]4(C)[C@H]3C[C@H](O)[C@]12C. The Morgan fingerprint density at radius 3 is 2.38 bits per heavy atom. The Labute approximate surface area is 201 Å². The number of allylic oxidation sites excluding steroid dienone is 1. The third-order valence-corrected chi connectivity index (χ3v) is 10.5. The van der Waals surface area contributed by atoms with E-state index in [0.717, 1.165) is 19.3 Å². The highest BCUT2D eigenvalue weighted by molar-refractivity contribution is 5.89. The number of carbonyl (C=O) groups is 2. The van der Waals surface area contributed by atoms with Crippen LogP contribution in [0.1, 0.15) is 59.3 Å². The van der Waals surface area contributed by atoms with Crippen LogP contribution in [0.3, 0.4) is 0 Å². The number of aliphatic hydroxyl groups excluding tert-OH is 4. The molecule has 8 nitrogen and oxygen atoms in total. The smallest absolute Gasteiger partial charge is 0.322 e. The summed E-state index contributed by atoms with van der Waals surface area (Å²) in [5, 5.41) is 55.4. The molecule has 192 valence electrons. The monoisotopic (exact) mass is 479 g/mol. The number of rotatable bonds is 5. The van der Waals surface area contributed by atoms with Crippen molar-refractivity contribution in [3.63, 3.8) is 0 Å². The van der Waals surface area contributed by atoms with Gasteiger partial charge in [0.05, 0.1) is 24.4 Å². The first-order valence-electron chi connectivity index (χ1n) is 12.8. The molecule has 0 heterocycles. The summed E-state index contributed by atoms with van der Waals surface area (Å²) < 4.78 is 0. The lowest BCUT2D eigenvalue weighted by molar-refractivity contribution is -0.242. The third-order valence-electron chi connectivity index (χ3n) is 10.5. The maximum atomic E-state index is 12.0. The summed E-state index contributed by atoms with van der Waals surface area (Å²) in [4.78, 5) is 22.6. The molecular formula is C26H41NO7. The number of hydrogen-bond donors (Lipinski definition) is 6. The second-order valence-electron chi connectivity index (χ2n) is 11.9. The van der Waals surface area contributed by atoms with E-state index in [1.54, 1.807) is 6.08 Å². The summed E-state index contributed by atoms with van der Waals surface area (Å²) in [5.74, 6) is -1.62. The van der Waals surface area contributed by atoms with E-state index in [2.05, 4.69) is 19.2 Å². The molecule has 34 heavy (non-hydrogen) atoms. The Balaban J connectivity index is 1.57. The zero-order chi connectivity index (χ0) is 25.0. The van der Waals surface area contributed by atoms with Crippen molar-refractivity contribution in [2.24, 2.45) is 46.3 Å². The van der Waals surface area contributed by atoms with Crippen LogP contribution in [0, 0.1) is 46.3 Å². The van der Waals surface area contributed by atoms with Crippen LogP contribution in [0.5, 0.6) is 0 Å². The van der Waals surface area contributed by atoms with E-state index in [1.807, 2.05) is 6.92 Å². The highest BCUT2D eigenvalue weighted by Crippen LogP contribution is 2.68. The number of carboxylic acids is 1. The normalized spacial score (nSPS) is 49.1. The molecule has 0 radical (unpaired) electrons. The molecule has 6 N–H and O–H groups in total. The average molecular weight is 480 g/mol. The molecule has 0 aromatic heterocycles. The van der Waals surface area contributed by atoms with Crippen LogP contribution in [0.4, 0.5) is 0 Å². The largest absolute Gasteiger partial charge is 0.480 e. The number of fused-ring (bicyclic) bond motifs is 5. The van der Waals surface area contributed by atoms with E-state index in [4.69, 9.17) is 5.11 Å². The molecule has 4 saturated carbocycles. The molecule has 0 unspecified atom stereocenters. The van der Waals surface area contributed by atoms with Crippen LogP contribution in [-0.2, 0) is 9.59 Å². The van der Waals surface area contributed by atoms with Crippen LogP contribution < -0.4 is 5.32 Å². The first-order chi connectivity index (χ1) is 15.9. The minimum atomic E-state index is -1.10. The molecule has 1 amide bonds. The molecule has 0 spiro atoms. The molecule has 0 aromatic carbocycles. The topological polar surface area (TPSA) is 147 Å². The predicted octanol–water partition coefficient (Wildman–Crippen LogP) is 1.31. The van der Waals surface area contributed by atoms with Crippen molar-refractivity contribution in [2.75, 3.05) is 6.54 Å². The fraction of sp³-hybridized carbons (Fsp3) is 0.846. The van der Waals surface area contributed by atoms with Gasteiger partial charge in [0.25, 0.3) is 0 Å². The van der Waals surface area contributed by atoms with Crippen molar-refractivity contribution in [3.05, 3.63) is 12.2 Å². The molecule has 4 rings (SSSR count). The Kier molecular flexibility index (Phi) is 6.92. The Morgan fingerprint density at radius 2 is 1.71 bits per heavy atom. The standard InChI is InChI=1S/C26H41NO7/c1-13(4-7-20(30)27-12-21(31)32)15-5-6-16-22-17(11-19(29)26(15,16)3)25(2)9-8-14(28)10-18(25)23(33)24(22)34/h4,7,13-19,22-24,28-29,33-34H,5-6,8-12H2,1-3H3,(H,27,30)(H,31,32)/b7-4+/t13-,14-,15-,16+,17+,18+,19+,22+,23-,24+,25-,26-/m1/s1. The molecule has 8 heteroatoms. The second kappa shape index (κ2) is 9.19. The van der Waals surface area contributed by atoms with Crippen LogP contribution in [0.25, 0.3) is 0 Å². The van der Waals surface area contributed by atoms with Gasteiger partial charge in [-0.2, -0.15) is 0 Å². The van der Waals surface area contributed by atoms with Crippen molar-refractivity contribution < 1.29 is 35.1 Å². The van der Waals surface area contributed by atoms with Crippen molar-refractivity contribution in [3.8, 4) is 0 Å². The second-order valence-corrected chi connectivity index (χ2v) is 11.9. The molecule has 0 aliphatic heterocycles. The number of hydrogen-bond acceptors (Lipinski definition) is 6. The molecule has 4 aliphatic rings. The summed E-state index contributed by atoms with van der Waals surface area (Å²) in [6.45, 7) is 5.87. The highest BCUT2D eigenvalue weighted by Gasteiger charge is 2.67. The maximum absolute atomic E-state index is 12.0. The van der Waals surface area contributed by atoms with Crippen molar-refractivity contribution in [1.82, 2.24) is 5.32 Å². The lowest BCUT2D eigenvalue weighted by atomic mass is 9.42. The lowest BCUT2D eigenvalue weighted by Crippen LogP contribution is -2.66. The zero-order valence-electron chi connectivity index (χ0n) is 20.4. The summed E-state index contributed by atoms with van der Waals surface area (Å²) in [6.07, 6.45) is 4.62. The van der Waals surface area contributed by atoms with E-state index < -0.39 is 48.3 Å². The van der Waals surface area contributed by atoms with Gasteiger partial charge in [-0.1, -0.05) is 26.8 Å². The number of carbonyl (C=O) groups excluding carboxylic acids is 1. The third kappa shape index (κ3) is 4.00. The van der Waals surface area contributed by atoms with Gasteiger partial charge in [-0.25, -0.2) is 0 Å². The molecule has 4 fully saturated rings. The summed E-state index contributed by atoms with van der Waals surface area (Å²) in [5.41, 5.74) is -0.683. The lowest BCUT2D eigenvalue weighted by Gasteiger charge is -2.64. The van der Waals surface area contributed by atoms with Gasteiger partial charge in [-0.15, -0.1) is 0 Å².